The predicted molar refractivity (Wildman–Crippen MR) is 143 cm³/mol. The van der Waals surface area contributed by atoms with Gasteiger partial charge in [-0.05, 0) is 81.5 Å². The maximum Gasteiger partial charge on any atom is 0.407 e. The van der Waals surface area contributed by atoms with Crippen molar-refractivity contribution in [2.75, 3.05) is 32.9 Å². The fourth-order valence-corrected chi connectivity index (χ4v) is 6.87. The molecule has 0 saturated heterocycles. The lowest BCUT2D eigenvalue weighted by Gasteiger charge is -2.39. The molecule has 2 bridgehead atoms. The molecule has 5 atom stereocenters. The number of ether oxygens (including phenoxy) is 4. The van der Waals surface area contributed by atoms with Gasteiger partial charge in [-0.15, -0.1) is 0 Å². The number of rotatable bonds is 14. The summed E-state index contributed by atoms with van der Waals surface area (Å²) in [6.07, 6.45) is 7.64. The molecule has 0 aliphatic heterocycles. The number of hydrogen-bond acceptors (Lipinski definition) is 8. The smallest absolute Gasteiger partial charge is 0.407 e. The molecule has 0 radical (unpaired) electrons. The van der Waals surface area contributed by atoms with Crippen LogP contribution in [0.15, 0.2) is 25.3 Å². The topological polar surface area (TPSA) is 129 Å². The van der Waals surface area contributed by atoms with E-state index in [2.05, 4.69) is 30.7 Å². The van der Waals surface area contributed by atoms with E-state index in [1.807, 2.05) is 6.92 Å². The van der Waals surface area contributed by atoms with Crippen LogP contribution in [0.25, 0.3) is 0 Å². The van der Waals surface area contributed by atoms with Gasteiger partial charge >= 0.3 is 24.1 Å². The second kappa shape index (κ2) is 14.4. The number of carbonyl (C=O) groups excluding carboxylic acids is 4. The summed E-state index contributed by atoms with van der Waals surface area (Å²) >= 11 is 0. The van der Waals surface area contributed by atoms with Gasteiger partial charge in [-0.1, -0.05) is 20.1 Å². The van der Waals surface area contributed by atoms with Crippen LogP contribution in [-0.4, -0.2) is 63.1 Å². The molecule has 0 aromatic heterocycles. The Balaban J connectivity index is 1.34. The Morgan fingerprint density at radius 2 is 1.36 bits per heavy atom. The molecule has 0 aromatic carbocycles. The van der Waals surface area contributed by atoms with Crippen LogP contribution in [0.5, 0.6) is 0 Å². The Kier molecular flexibility index (Phi) is 11.2. The average molecular weight is 549 g/mol. The molecule has 0 heterocycles. The van der Waals surface area contributed by atoms with E-state index in [1.54, 1.807) is 0 Å². The molecule has 3 fully saturated rings. The number of hydrogen-bond donors (Lipinski definition) is 2. The van der Waals surface area contributed by atoms with Gasteiger partial charge in [0.15, 0.2) is 0 Å². The van der Waals surface area contributed by atoms with Crippen LogP contribution in [0.3, 0.4) is 0 Å². The number of nitrogens with one attached hydrogen (secondary N) is 2. The summed E-state index contributed by atoms with van der Waals surface area (Å²) in [5.74, 6) is 1.87. The van der Waals surface area contributed by atoms with Gasteiger partial charge in [0.2, 0.25) is 0 Å². The van der Waals surface area contributed by atoms with Crippen LogP contribution in [0, 0.1) is 35.0 Å². The first-order chi connectivity index (χ1) is 18.6. The second-order valence-electron chi connectivity index (χ2n) is 11.5. The van der Waals surface area contributed by atoms with Gasteiger partial charge in [0, 0.05) is 30.7 Å². The Morgan fingerprint density at radius 1 is 0.846 bits per heavy atom. The Labute approximate surface area is 231 Å². The normalized spacial score (nSPS) is 29.3. The summed E-state index contributed by atoms with van der Waals surface area (Å²) in [7, 11) is 0. The minimum absolute atomic E-state index is 0.0355. The van der Waals surface area contributed by atoms with Crippen molar-refractivity contribution in [3.63, 3.8) is 0 Å². The lowest BCUT2D eigenvalue weighted by Crippen LogP contribution is -2.36. The summed E-state index contributed by atoms with van der Waals surface area (Å²) in [5, 5.41) is 5.45. The van der Waals surface area contributed by atoms with Crippen LogP contribution in [0.2, 0.25) is 0 Å². The van der Waals surface area contributed by atoms with Gasteiger partial charge < -0.3 is 29.6 Å². The number of alkyl carbamates (subject to hydrolysis) is 2. The van der Waals surface area contributed by atoms with E-state index in [0.717, 1.165) is 37.8 Å². The van der Waals surface area contributed by atoms with Crippen molar-refractivity contribution in [3.8, 4) is 0 Å². The van der Waals surface area contributed by atoms with E-state index in [1.165, 1.54) is 6.42 Å². The number of esters is 2. The molecule has 0 spiro atoms. The largest absolute Gasteiger partial charge is 0.462 e. The minimum atomic E-state index is -0.474. The van der Waals surface area contributed by atoms with Crippen LogP contribution in [-0.2, 0) is 28.5 Å². The van der Waals surface area contributed by atoms with Crippen LogP contribution < -0.4 is 10.6 Å². The summed E-state index contributed by atoms with van der Waals surface area (Å²) in [6, 6.07) is 0. The average Bonchev–Trinajstić information content (AvgIpc) is 3.46. The van der Waals surface area contributed by atoms with E-state index in [0.29, 0.717) is 62.1 Å². The third kappa shape index (κ3) is 9.00. The van der Waals surface area contributed by atoms with Crippen molar-refractivity contribution < 1.29 is 38.1 Å². The molecule has 10 nitrogen and oxygen atoms in total. The summed E-state index contributed by atoms with van der Waals surface area (Å²) < 4.78 is 21.0. The van der Waals surface area contributed by atoms with Crippen molar-refractivity contribution in [1.82, 2.24) is 10.6 Å². The van der Waals surface area contributed by atoms with E-state index in [4.69, 9.17) is 18.9 Å². The van der Waals surface area contributed by atoms with Crippen LogP contribution in [0.4, 0.5) is 9.59 Å². The second-order valence-corrected chi connectivity index (χ2v) is 11.5. The monoisotopic (exact) mass is 548 g/mol. The van der Waals surface area contributed by atoms with Crippen molar-refractivity contribution in [2.24, 2.45) is 35.0 Å². The van der Waals surface area contributed by atoms with Crippen molar-refractivity contribution in [3.05, 3.63) is 25.3 Å². The van der Waals surface area contributed by atoms with Crippen molar-refractivity contribution in [2.45, 2.75) is 64.9 Å². The molecule has 10 heteroatoms. The quantitative estimate of drug-likeness (QED) is 0.143. The number of amides is 2. The first-order valence-electron chi connectivity index (χ1n) is 14.1. The Morgan fingerprint density at radius 3 is 1.87 bits per heavy atom. The third-order valence-corrected chi connectivity index (χ3v) is 8.54. The van der Waals surface area contributed by atoms with Crippen molar-refractivity contribution >= 4 is 24.1 Å². The maximum absolute atomic E-state index is 12.2. The maximum atomic E-state index is 12.2. The Bertz CT molecular complexity index is 886. The van der Waals surface area contributed by atoms with E-state index in [-0.39, 0.29) is 24.7 Å². The number of fused-ring (bicyclic) bond motifs is 5. The van der Waals surface area contributed by atoms with E-state index >= 15 is 0 Å². The fourth-order valence-electron chi connectivity index (χ4n) is 6.87. The SMILES string of the molecule is C=CC(=O)OCCCNC(=O)OCC1(C)CC2CC(C1)C1CC(C(C)OC(=O)NCCCOC(=O)C=C)CC21. The molecule has 3 saturated carbocycles. The molecule has 3 aliphatic rings. The molecule has 39 heavy (non-hydrogen) atoms. The first-order valence-corrected chi connectivity index (χ1v) is 14.1. The zero-order valence-corrected chi connectivity index (χ0v) is 23.3. The van der Waals surface area contributed by atoms with Crippen LogP contribution >= 0.6 is 0 Å². The predicted octanol–water partition coefficient (Wildman–Crippen LogP) is 4.14. The van der Waals surface area contributed by atoms with Gasteiger partial charge in [-0.3, -0.25) is 0 Å². The summed E-state index contributed by atoms with van der Waals surface area (Å²) in [4.78, 5) is 46.5. The summed E-state index contributed by atoms with van der Waals surface area (Å²) in [5.41, 5.74) is -0.0355. The summed E-state index contributed by atoms with van der Waals surface area (Å²) in [6.45, 7) is 12.5. The molecule has 2 amide bonds. The lowest BCUT2D eigenvalue weighted by atomic mass is 9.68. The van der Waals surface area contributed by atoms with Gasteiger partial charge in [-0.2, -0.15) is 0 Å². The molecule has 3 aliphatic carbocycles. The first kappa shape index (κ1) is 30.5. The van der Waals surface area contributed by atoms with E-state index in [9.17, 15) is 19.2 Å². The van der Waals surface area contributed by atoms with Gasteiger partial charge in [0.05, 0.1) is 19.8 Å². The minimum Gasteiger partial charge on any atom is -0.462 e. The molecule has 3 rings (SSSR count). The molecule has 2 N–H and O–H groups in total. The fraction of sp³-hybridized carbons (Fsp3) is 0.724. The zero-order chi connectivity index (χ0) is 28.4. The van der Waals surface area contributed by atoms with Gasteiger partial charge in [0.25, 0.3) is 0 Å². The van der Waals surface area contributed by atoms with Gasteiger partial charge in [0.1, 0.15) is 6.10 Å². The molecule has 5 unspecified atom stereocenters. The molecule has 0 aromatic rings. The molecule has 218 valence electrons. The Hall–Kier alpha value is -3.04. The molecular formula is C29H44N2O8. The van der Waals surface area contributed by atoms with Crippen LogP contribution in [0.1, 0.15) is 58.8 Å². The zero-order valence-electron chi connectivity index (χ0n) is 23.3. The standard InChI is InChI=1S/C29H44N2O8/c1-5-25(32)36-11-7-9-30-27(34)38-18-29(4)16-21-13-22(17-29)24-15-20(14-23(21)24)19(3)39-28(35)31-10-8-12-37-26(33)6-2/h5-6,19-24H,1-2,7-18H2,3-4H3,(H,30,34)(H,31,35). The molecular weight excluding hydrogens is 504 g/mol. The third-order valence-electron chi connectivity index (χ3n) is 8.54. The van der Waals surface area contributed by atoms with Crippen molar-refractivity contribution in [1.29, 1.82) is 0 Å². The van der Waals surface area contributed by atoms with Gasteiger partial charge in [-0.25, -0.2) is 19.2 Å². The van der Waals surface area contributed by atoms with E-state index < -0.39 is 24.1 Å². The highest BCUT2D eigenvalue weighted by molar-refractivity contribution is 5.81. The highest BCUT2D eigenvalue weighted by Crippen LogP contribution is 2.62. The number of carbonyl (C=O) groups is 4. The highest BCUT2D eigenvalue weighted by atomic mass is 16.6. The lowest BCUT2D eigenvalue weighted by molar-refractivity contribution is -0.138. The highest BCUT2D eigenvalue weighted by Gasteiger charge is 2.55.